The van der Waals surface area contributed by atoms with Crippen LogP contribution in [0, 0.1) is 23.2 Å². The predicted molar refractivity (Wildman–Crippen MR) is 85.8 cm³/mol. The molecule has 0 aliphatic heterocycles. The maximum atomic E-state index is 12.9. The monoisotopic (exact) mass is 304 g/mol. The quantitative estimate of drug-likeness (QED) is 0.560. The second-order valence-corrected chi connectivity index (χ2v) is 7.85. The summed E-state index contributed by atoms with van der Waals surface area (Å²) in [4.78, 5) is 24.5. The summed E-state index contributed by atoms with van der Waals surface area (Å²) >= 11 is 0. The maximum absolute atomic E-state index is 12.9. The normalized spacial score (nSPS) is 36.8. The Bertz CT molecular complexity index is 436. The van der Waals surface area contributed by atoms with Crippen LogP contribution in [-0.4, -0.2) is 17.9 Å². The molecular weight excluding hydrogens is 276 g/mol. The summed E-state index contributed by atoms with van der Waals surface area (Å²) in [7, 11) is 0. The Morgan fingerprint density at radius 3 is 2.18 bits per heavy atom. The molecule has 4 aliphatic rings. The van der Waals surface area contributed by atoms with Gasteiger partial charge in [0.25, 0.3) is 0 Å². The summed E-state index contributed by atoms with van der Waals surface area (Å²) in [6, 6.07) is -0.527. The van der Waals surface area contributed by atoms with E-state index in [1.807, 2.05) is 6.08 Å². The molecule has 0 radical (unpaired) electrons. The highest BCUT2D eigenvalue weighted by atomic mass is 16.2. The van der Waals surface area contributed by atoms with Gasteiger partial charge in [0.05, 0.1) is 0 Å². The first-order valence-corrected chi connectivity index (χ1v) is 8.73. The van der Waals surface area contributed by atoms with Crippen LogP contribution in [0.3, 0.4) is 0 Å². The highest BCUT2D eigenvalue weighted by Crippen LogP contribution is 2.60. The number of amides is 2. The third kappa shape index (κ3) is 2.92. The number of nitrogens with two attached hydrogens (primary N) is 1. The number of primary amides is 1. The number of hydrogen-bond acceptors (Lipinski definition) is 2. The molecular formula is C18H28N2O2. The third-order valence-corrected chi connectivity index (χ3v) is 6.07. The maximum Gasteiger partial charge on any atom is 0.239 e. The fraction of sp³-hybridized carbons (Fsp3) is 0.778. The second kappa shape index (κ2) is 6.05. The van der Waals surface area contributed by atoms with E-state index in [1.165, 1.54) is 19.3 Å². The van der Waals surface area contributed by atoms with Gasteiger partial charge in [-0.25, -0.2) is 0 Å². The molecule has 0 heterocycles. The molecule has 0 spiro atoms. The van der Waals surface area contributed by atoms with Crippen LogP contribution in [0.4, 0.5) is 0 Å². The number of rotatable bonds is 7. The molecule has 0 saturated heterocycles. The van der Waals surface area contributed by atoms with Gasteiger partial charge in [0.1, 0.15) is 6.04 Å². The first-order chi connectivity index (χ1) is 10.5. The van der Waals surface area contributed by atoms with Crippen molar-refractivity contribution < 1.29 is 9.59 Å². The SMILES string of the molecule is C=CCCC[C@H](NC(=O)C12CC3CC(CC(C3)C1)C2)C(N)=O. The van der Waals surface area contributed by atoms with Gasteiger partial charge in [-0.1, -0.05) is 6.08 Å². The van der Waals surface area contributed by atoms with Crippen molar-refractivity contribution in [1.29, 1.82) is 0 Å². The molecule has 0 unspecified atom stereocenters. The van der Waals surface area contributed by atoms with Gasteiger partial charge in [0.2, 0.25) is 11.8 Å². The van der Waals surface area contributed by atoms with E-state index < -0.39 is 11.9 Å². The molecule has 4 rings (SSSR count). The zero-order valence-corrected chi connectivity index (χ0v) is 13.4. The Kier molecular flexibility index (Phi) is 4.28. The van der Waals surface area contributed by atoms with Crippen molar-refractivity contribution in [2.45, 2.75) is 63.8 Å². The topological polar surface area (TPSA) is 72.2 Å². The van der Waals surface area contributed by atoms with Crippen LogP contribution < -0.4 is 11.1 Å². The molecule has 1 atom stereocenters. The Hall–Kier alpha value is -1.32. The minimum atomic E-state index is -0.527. The molecule has 0 aromatic heterocycles. The standard InChI is InChI=1S/C18H28N2O2/c1-2-3-4-5-15(16(19)21)20-17(22)18-9-12-6-13(10-18)8-14(7-12)11-18/h2,12-15H,1,3-11H2,(H2,19,21)(H,20,22)/t12?,13?,14?,15-,18?/m0/s1. The van der Waals surface area contributed by atoms with Crippen LogP contribution in [0.25, 0.3) is 0 Å². The summed E-state index contributed by atoms with van der Waals surface area (Å²) in [5.41, 5.74) is 5.27. The summed E-state index contributed by atoms with van der Waals surface area (Å²) in [6.07, 6.45) is 11.1. The lowest BCUT2D eigenvalue weighted by molar-refractivity contribution is -0.148. The minimum Gasteiger partial charge on any atom is -0.368 e. The van der Waals surface area contributed by atoms with Crippen molar-refractivity contribution in [2.75, 3.05) is 0 Å². The summed E-state index contributed by atoms with van der Waals surface area (Å²) < 4.78 is 0. The first kappa shape index (κ1) is 15.6. The van der Waals surface area contributed by atoms with E-state index in [0.29, 0.717) is 6.42 Å². The molecule has 2 amide bonds. The predicted octanol–water partition coefficient (Wildman–Crippen LogP) is 2.53. The lowest BCUT2D eigenvalue weighted by atomic mass is 9.49. The van der Waals surface area contributed by atoms with Crippen molar-refractivity contribution in [1.82, 2.24) is 5.32 Å². The second-order valence-electron chi connectivity index (χ2n) is 7.85. The molecule has 122 valence electrons. The van der Waals surface area contributed by atoms with Crippen LogP contribution in [0.1, 0.15) is 57.8 Å². The lowest BCUT2D eigenvalue weighted by Gasteiger charge is -2.55. The van der Waals surface area contributed by atoms with Crippen molar-refractivity contribution in [3.05, 3.63) is 12.7 Å². The van der Waals surface area contributed by atoms with Gasteiger partial charge in [-0.2, -0.15) is 0 Å². The summed E-state index contributed by atoms with van der Waals surface area (Å²) in [5, 5.41) is 2.98. The van der Waals surface area contributed by atoms with E-state index in [-0.39, 0.29) is 11.3 Å². The molecule has 4 aliphatic carbocycles. The minimum absolute atomic E-state index is 0.0917. The molecule has 4 heteroatoms. The van der Waals surface area contributed by atoms with Gasteiger partial charge < -0.3 is 11.1 Å². The third-order valence-electron chi connectivity index (χ3n) is 6.07. The Balaban J connectivity index is 1.65. The first-order valence-electron chi connectivity index (χ1n) is 8.73. The number of unbranched alkanes of at least 4 members (excludes halogenated alkanes) is 1. The highest BCUT2D eigenvalue weighted by Gasteiger charge is 2.54. The molecule has 22 heavy (non-hydrogen) atoms. The van der Waals surface area contributed by atoms with E-state index in [0.717, 1.165) is 49.9 Å². The van der Waals surface area contributed by atoms with E-state index in [2.05, 4.69) is 11.9 Å². The Morgan fingerprint density at radius 2 is 1.73 bits per heavy atom. The molecule has 4 nitrogen and oxygen atoms in total. The molecule has 4 bridgehead atoms. The van der Waals surface area contributed by atoms with Gasteiger partial charge in [-0.15, -0.1) is 6.58 Å². The summed E-state index contributed by atoms with van der Waals surface area (Å²) in [5.74, 6) is 1.86. The lowest BCUT2D eigenvalue weighted by Crippen LogP contribution is -2.56. The Labute approximate surface area is 132 Å². The van der Waals surface area contributed by atoms with Crippen molar-refractivity contribution in [3.63, 3.8) is 0 Å². The zero-order chi connectivity index (χ0) is 15.7. The molecule has 0 aromatic carbocycles. The average Bonchev–Trinajstić information content (AvgIpc) is 2.44. The van der Waals surface area contributed by atoms with Crippen molar-refractivity contribution in [2.24, 2.45) is 28.9 Å². The van der Waals surface area contributed by atoms with Gasteiger partial charge >= 0.3 is 0 Å². The van der Waals surface area contributed by atoms with E-state index in [4.69, 9.17) is 5.73 Å². The number of allylic oxidation sites excluding steroid dienone is 1. The highest BCUT2D eigenvalue weighted by molar-refractivity contribution is 5.89. The van der Waals surface area contributed by atoms with Crippen LogP contribution in [0.5, 0.6) is 0 Å². The number of carbonyl (C=O) groups excluding carboxylic acids is 2. The van der Waals surface area contributed by atoms with Gasteiger partial charge in [0, 0.05) is 5.41 Å². The number of nitrogens with one attached hydrogen (secondary N) is 1. The molecule has 4 fully saturated rings. The van der Waals surface area contributed by atoms with Crippen molar-refractivity contribution >= 4 is 11.8 Å². The van der Waals surface area contributed by atoms with Crippen LogP contribution in [0.2, 0.25) is 0 Å². The smallest absolute Gasteiger partial charge is 0.239 e. The van der Waals surface area contributed by atoms with Crippen LogP contribution in [-0.2, 0) is 9.59 Å². The van der Waals surface area contributed by atoms with Crippen LogP contribution in [0.15, 0.2) is 12.7 Å². The fourth-order valence-electron chi connectivity index (χ4n) is 5.45. The van der Waals surface area contributed by atoms with Gasteiger partial charge in [0.15, 0.2) is 0 Å². The van der Waals surface area contributed by atoms with Gasteiger partial charge in [-0.3, -0.25) is 9.59 Å². The molecule has 4 saturated carbocycles. The van der Waals surface area contributed by atoms with E-state index >= 15 is 0 Å². The molecule has 0 aromatic rings. The van der Waals surface area contributed by atoms with E-state index in [9.17, 15) is 9.59 Å². The van der Waals surface area contributed by atoms with E-state index in [1.54, 1.807) is 0 Å². The number of carbonyl (C=O) groups is 2. The average molecular weight is 304 g/mol. The summed E-state index contributed by atoms with van der Waals surface area (Å²) in [6.45, 7) is 3.69. The zero-order valence-electron chi connectivity index (χ0n) is 13.4. The molecule has 3 N–H and O–H groups in total. The fourth-order valence-corrected chi connectivity index (χ4v) is 5.45. The Morgan fingerprint density at radius 1 is 1.18 bits per heavy atom. The number of hydrogen-bond donors (Lipinski definition) is 2. The van der Waals surface area contributed by atoms with Gasteiger partial charge in [-0.05, 0) is 75.5 Å². The van der Waals surface area contributed by atoms with Crippen LogP contribution >= 0.6 is 0 Å². The largest absolute Gasteiger partial charge is 0.368 e. The van der Waals surface area contributed by atoms with Crippen molar-refractivity contribution in [3.8, 4) is 0 Å².